The molecule has 5 heteroatoms. The van der Waals surface area contributed by atoms with Gasteiger partial charge in [0.05, 0.1) is 25.5 Å². The van der Waals surface area contributed by atoms with Gasteiger partial charge in [-0.15, -0.1) is 0 Å². The van der Waals surface area contributed by atoms with E-state index in [1.165, 1.54) is 5.56 Å². The predicted octanol–water partition coefficient (Wildman–Crippen LogP) is 1.17. The third-order valence-corrected chi connectivity index (χ3v) is 3.29. The van der Waals surface area contributed by atoms with Crippen LogP contribution in [0.3, 0.4) is 0 Å². The Morgan fingerprint density at radius 1 is 1.30 bits per heavy atom. The molecule has 0 aromatic heterocycles. The average Bonchev–Trinajstić information content (AvgIpc) is 2.46. The molecule has 0 bridgehead atoms. The van der Waals surface area contributed by atoms with Crippen LogP contribution in [0.25, 0.3) is 0 Å². The maximum absolute atomic E-state index is 11.8. The molecule has 1 aliphatic heterocycles. The van der Waals surface area contributed by atoms with Gasteiger partial charge in [-0.2, -0.15) is 5.10 Å². The van der Waals surface area contributed by atoms with Crippen molar-refractivity contribution in [1.29, 1.82) is 0 Å². The van der Waals surface area contributed by atoms with Crippen molar-refractivity contribution in [3.05, 3.63) is 35.4 Å². The van der Waals surface area contributed by atoms with E-state index in [0.29, 0.717) is 19.8 Å². The zero-order valence-electron chi connectivity index (χ0n) is 12.1. The second-order valence-electron chi connectivity index (χ2n) is 4.99. The van der Waals surface area contributed by atoms with E-state index in [-0.39, 0.29) is 5.91 Å². The number of hydrogen-bond donors (Lipinski definition) is 1. The fourth-order valence-electron chi connectivity index (χ4n) is 2.00. The molecule has 1 fully saturated rings. The summed E-state index contributed by atoms with van der Waals surface area (Å²) in [6, 6.07) is 8.07. The Morgan fingerprint density at radius 2 is 1.95 bits per heavy atom. The van der Waals surface area contributed by atoms with Gasteiger partial charge in [0.25, 0.3) is 5.91 Å². The molecule has 1 aromatic carbocycles. The summed E-state index contributed by atoms with van der Waals surface area (Å²) in [5, 5.41) is 4.15. The fourth-order valence-corrected chi connectivity index (χ4v) is 2.00. The Balaban J connectivity index is 1.84. The summed E-state index contributed by atoms with van der Waals surface area (Å²) in [5.41, 5.74) is 5.64. The number of carbonyl (C=O) groups excluding carboxylic acids is 1. The first-order valence-corrected chi connectivity index (χ1v) is 6.85. The highest BCUT2D eigenvalue weighted by atomic mass is 16.5. The van der Waals surface area contributed by atoms with Crippen molar-refractivity contribution >= 4 is 11.6 Å². The maximum atomic E-state index is 11.8. The highest BCUT2D eigenvalue weighted by Crippen LogP contribution is 2.04. The number of nitrogens with one attached hydrogen (secondary N) is 1. The Bertz CT molecular complexity index is 476. The summed E-state index contributed by atoms with van der Waals surface area (Å²) in [7, 11) is 0. The first-order chi connectivity index (χ1) is 9.65. The third-order valence-electron chi connectivity index (χ3n) is 3.29. The Hall–Kier alpha value is -1.72. The summed E-state index contributed by atoms with van der Waals surface area (Å²) in [5.74, 6) is -0.0849. The van der Waals surface area contributed by atoms with Crippen molar-refractivity contribution in [3.63, 3.8) is 0 Å². The van der Waals surface area contributed by atoms with Crippen LogP contribution >= 0.6 is 0 Å². The van der Waals surface area contributed by atoms with Crippen LogP contribution in [0.2, 0.25) is 0 Å². The number of carbonyl (C=O) groups is 1. The number of hydrogen-bond acceptors (Lipinski definition) is 4. The number of hydrazone groups is 1. The molecule has 0 saturated carbocycles. The molecule has 0 aliphatic carbocycles. The van der Waals surface area contributed by atoms with Gasteiger partial charge in [0.1, 0.15) is 0 Å². The molecule has 1 saturated heterocycles. The highest BCUT2D eigenvalue weighted by molar-refractivity contribution is 5.99. The van der Waals surface area contributed by atoms with Crippen molar-refractivity contribution in [2.45, 2.75) is 13.8 Å². The van der Waals surface area contributed by atoms with Crippen LogP contribution in [-0.2, 0) is 9.53 Å². The molecule has 1 heterocycles. The lowest BCUT2D eigenvalue weighted by atomic mass is 10.1. The highest BCUT2D eigenvalue weighted by Gasteiger charge is 2.13. The molecule has 1 amide bonds. The van der Waals surface area contributed by atoms with E-state index < -0.39 is 0 Å². The lowest BCUT2D eigenvalue weighted by Gasteiger charge is -2.25. The van der Waals surface area contributed by atoms with Crippen LogP contribution in [0.1, 0.15) is 18.1 Å². The standard InChI is InChI=1S/C15H21N3O2/c1-12-3-5-14(6-4-12)13(2)16-17-15(19)11-18-7-9-20-10-8-18/h3-6H,7-11H2,1-2H3,(H,17,19). The van der Waals surface area contributed by atoms with Crippen LogP contribution in [0.15, 0.2) is 29.4 Å². The second kappa shape index (κ2) is 7.17. The topological polar surface area (TPSA) is 53.9 Å². The van der Waals surface area contributed by atoms with Gasteiger partial charge in [0.2, 0.25) is 0 Å². The van der Waals surface area contributed by atoms with Crippen molar-refractivity contribution in [3.8, 4) is 0 Å². The summed E-state index contributed by atoms with van der Waals surface area (Å²) in [6.45, 7) is 7.29. The third kappa shape index (κ3) is 4.43. The quantitative estimate of drug-likeness (QED) is 0.663. The van der Waals surface area contributed by atoms with Crippen LogP contribution in [0.5, 0.6) is 0 Å². The number of morpholine rings is 1. The largest absolute Gasteiger partial charge is 0.379 e. The lowest BCUT2D eigenvalue weighted by Crippen LogP contribution is -2.42. The van der Waals surface area contributed by atoms with Crippen LogP contribution in [0, 0.1) is 6.92 Å². The molecular weight excluding hydrogens is 254 g/mol. The van der Waals surface area contributed by atoms with Gasteiger partial charge in [-0.05, 0) is 19.4 Å². The zero-order valence-corrected chi connectivity index (χ0v) is 12.1. The van der Waals surface area contributed by atoms with Crippen LogP contribution < -0.4 is 5.43 Å². The Morgan fingerprint density at radius 3 is 2.60 bits per heavy atom. The normalized spacial score (nSPS) is 17.0. The molecular formula is C15H21N3O2. The van der Waals surface area contributed by atoms with Gasteiger partial charge in [-0.1, -0.05) is 29.8 Å². The monoisotopic (exact) mass is 275 g/mol. The van der Waals surface area contributed by atoms with Gasteiger partial charge < -0.3 is 4.74 Å². The van der Waals surface area contributed by atoms with Crippen molar-refractivity contribution in [2.24, 2.45) is 5.10 Å². The van der Waals surface area contributed by atoms with E-state index in [1.807, 2.05) is 38.1 Å². The Labute approximate surface area is 119 Å². The number of benzene rings is 1. The molecule has 0 unspecified atom stereocenters. The number of nitrogens with zero attached hydrogens (tertiary/aromatic N) is 2. The van der Waals surface area contributed by atoms with Crippen molar-refractivity contribution < 1.29 is 9.53 Å². The molecule has 1 aliphatic rings. The van der Waals surface area contributed by atoms with Crippen molar-refractivity contribution in [1.82, 2.24) is 10.3 Å². The van der Waals surface area contributed by atoms with Crippen LogP contribution in [-0.4, -0.2) is 49.4 Å². The number of amides is 1. The summed E-state index contributed by atoms with van der Waals surface area (Å²) in [6.07, 6.45) is 0. The molecule has 1 aromatic rings. The number of ether oxygens (including phenoxy) is 1. The van der Waals surface area contributed by atoms with E-state index in [9.17, 15) is 4.79 Å². The molecule has 5 nitrogen and oxygen atoms in total. The first-order valence-electron chi connectivity index (χ1n) is 6.85. The predicted molar refractivity (Wildman–Crippen MR) is 78.8 cm³/mol. The summed E-state index contributed by atoms with van der Waals surface area (Å²) >= 11 is 0. The van der Waals surface area contributed by atoms with E-state index in [2.05, 4.69) is 15.4 Å². The smallest absolute Gasteiger partial charge is 0.254 e. The molecule has 0 radical (unpaired) electrons. The molecule has 108 valence electrons. The van der Waals surface area contributed by atoms with E-state index in [0.717, 1.165) is 24.4 Å². The van der Waals surface area contributed by atoms with E-state index >= 15 is 0 Å². The summed E-state index contributed by atoms with van der Waals surface area (Å²) < 4.78 is 5.25. The van der Waals surface area contributed by atoms with E-state index in [4.69, 9.17) is 4.74 Å². The zero-order chi connectivity index (χ0) is 14.4. The van der Waals surface area contributed by atoms with Crippen LogP contribution in [0.4, 0.5) is 0 Å². The molecule has 2 rings (SSSR count). The molecule has 0 atom stereocenters. The minimum atomic E-state index is -0.0849. The van der Waals surface area contributed by atoms with Gasteiger partial charge in [0.15, 0.2) is 0 Å². The number of aryl methyl sites for hydroxylation is 1. The van der Waals surface area contributed by atoms with Gasteiger partial charge >= 0.3 is 0 Å². The second-order valence-corrected chi connectivity index (χ2v) is 4.99. The average molecular weight is 275 g/mol. The molecule has 1 N–H and O–H groups in total. The minimum Gasteiger partial charge on any atom is -0.379 e. The SMILES string of the molecule is CC(=NNC(=O)CN1CCOCC1)c1ccc(C)cc1. The molecule has 20 heavy (non-hydrogen) atoms. The number of rotatable bonds is 4. The minimum absolute atomic E-state index is 0.0849. The Kier molecular flexibility index (Phi) is 5.26. The van der Waals surface area contributed by atoms with Gasteiger partial charge in [-0.25, -0.2) is 5.43 Å². The fraction of sp³-hybridized carbons (Fsp3) is 0.467. The van der Waals surface area contributed by atoms with Gasteiger partial charge in [0, 0.05) is 13.1 Å². The first kappa shape index (κ1) is 14.7. The molecule has 0 spiro atoms. The maximum Gasteiger partial charge on any atom is 0.254 e. The lowest BCUT2D eigenvalue weighted by molar-refractivity contribution is -0.123. The van der Waals surface area contributed by atoms with Crippen molar-refractivity contribution in [2.75, 3.05) is 32.8 Å². The summed E-state index contributed by atoms with van der Waals surface area (Å²) in [4.78, 5) is 13.9. The van der Waals surface area contributed by atoms with E-state index in [1.54, 1.807) is 0 Å². The van der Waals surface area contributed by atoms with Gasteiger partial charge in [-0.3, -0.25) is 9.69 Å².